The molecule has 1 unspecified atom stereocenters. The van der Waals surface area contributed by atoms with Gasteiger partial charge < -0.3 is 36.3 Å². The molecule has 17 nitrogen and oxygen atoms in total. The van der Waals surface area contributed by atoms with Gasteiger partial charge in [-0.15, -0.1) is 23.1 Å². The van der Waals surface area contributed by atoms with Crippen LogP contribution in [-0.2, 0) is 24.0 Å². The van der Waals surface area contributed by atoms with E-state index in [4.69, 9.17) is 10.6 Å². The Kier molecular flexibility index (Phi) is 8.00. The van der Waals surface area contributed by atoms with Crippen LogP contribution in [0.3, 0.4) is 0 Å². The minimum atomic E-state index is -1.83. The second-order valence-corrected chi connectivity index (χ2v) is 13.0. The van der Waals surface area contributed by atoms with E-state index in [1.54, 1.807) is 0 Å². The molecule has 20 heteroatoms. The summed E-state index contributed by atoms with van der Waals surface area (Å²) in [6.07, 6.45) is 0. The number of nitrogen functional groups attached to an aromatic ring is 1. The number of imide groups is 1. The van der Waals surface area contributed by atoms with Crippen LogP contribution in [0.15, 0.2) is 32.3 Å². The lowest BCUT2D eigenvalue weighted by Crippen LogP contribution is -2.71. The third-order valence-corrected chi connectivity index (χ3v) is 9.69. The summed E-state index contributed by atoms with van der Waals surface area (Å²) in [5.74, 6) is -7.76. The number of phenols is 2. The second-order valence-electron chi connectivity index (χ2n) is 10.2. The van der Waals surface area contributed by atoms with Crippen LogP contribution in [0.1, 0.15) is 40.3 Å². The van der Waals surface area contributed by atoms with Gasteiger partial charge in [0.2, 0.25) is 5.60 Å². The van der Waals surface area contributed by atoms with Crippen LogP contribution >= 0.6 is 39.0 Å². The van der Waals surface area contributed by atoms with Gasteiger partial charge in [-0.1, -0.05) is 5.16 Å². The Hall–Kier alpha value is -4.69. The van der Waals surface area contributed by atoms with Gasteiger partial charge in [0.25, 0.3) is 23.6 Å². The summed E-state index contributed by atoms with van der Waals surface area (Å²) < 4.78 is -0.208. The van der Waals surface area contributed by atoms with Gasteiger partial charge in [-0.2, -0.15) is 0 Å². The first-order valence-corrected chi connectivity index (χ1v) is 15.3. The van der Waals surface area contributed by atoms with Crippen LogP contribution in [0.4, 0.5) is 5.13 Å². The Morgan fingerprint density at radius 2 is 1.91 bits per heavy atom. The molecule has 7 N–H and O–H groups in total. The number of anilines is 1. The monoisotopic (exact) mass is 724 g/mol. The summed E-state index contributed by atoms with van der Waals surface area (Å²) in [4.78, 5) is 87.1. The lowest BCUT2D eigenvalue weighted by Gasteiger charge is -2.49. The summed E-state index contributed by atoms with van der Waals surface area (Å²) in [6.45, 7) is 1.88. The first-order valence-electron chi connectivity index (χ1n) is 12.6. The van der Waals surface area contributed by atoms with Crippen LogP contribution in [0.5, 0.6) is 11.5 Å². The topological polar surface area (TPSA) is 262 Å². The average Bonchev–Trinajstić information content (AvgIpc) is 3.50. The number of aromatic nitrogens is 1. The van der Waals surface area contributed by atoms with Gasteiger partial charge in [0.15, 0.2) is 22.3 Å². The number of hydrogen-bond acceptors (Lipinski definition) is 14. The zero-order valence-corrected chi connectivity index (χ0v) is 26.1. The quantitative estimate of drug-likeness (QED) is 0.0677. The standard InChI is InChI=1S/C25H21BrN6O11S2/c1-25(2,23(41)42)43-30-13(9-6-45-24(27)28-9)17(35)29-14-20(38)32-15(22(39)40)7(5-44-21(14)32)4-31-18(36)8-3-10(33)16(34)12(26)11(8)19(31)37/h3,6,14,21,33-34H,4-5H2,1-2H3,(H2,27,28)(H,29,35)(H,39,40)(H,41,42)/b30-13-/t14?,21-/m0/s1. The fraction of sp³-hybridized carbons (Fsp3) is 0.280. The summed E-state index contributed by atoms with van der Waals surface area (Å²) in [5, 5.41) is 45.9. The fourth-order valence-electron chi connectivity index (χ4n) is 4.53. The third kappa shape index (κ3) is 5.33. The number of fused-ring (bicyclic) bond motifs is 2. The molecule has 2 aromatic rings. The summed E-state index contributed by atoms with van der Waals surface area (Å²) >= 11 is 5.01. The number of oxime groups is 1. The first-order chi connectivity index (χ1) is 21.0. The number of nitrogens with zero attached hydrogens (tertiary/aromatic N) is 4. The van der Waals surface area contributed by atoms with Gasteiger partial charge in [-0.25, -0.2) is 14.6 Å². The number of thioether (sulfide) groups is 1. The molecule has 4 heterocycles. The maximum atomic E-state index is 13.3. The molecule has 0 spiro atoms. The number of phenolic OH excluding ortho intramolecular Hbond substituents is 2. The van der Waals surface area contributed by atoms with E-state index in [1.165, 1.54) is 19.2 Å². The van der Waals surface area contributed by atoms with E-state index in [-0.39, 0.29) is 37.8 Å². The zero-order chi connectivity index (χ0) is 33.1. The van der Waals surface area contributed by atoms with Crippen molar-refractivity contribution in [3.05, 3.63) is 44.0 Å². The Morgan fingerprint density at radius 1 is 1.22 bits per heavy atom. The number of carbonyl (C=O) groups excluding carboxylic acids is 4. The first kappa shape index (κ1) is 31.7. The van der Waals surface area contributed by atoms with Gasteiger partial charge in [-0.05, 0) is 41.4 Å². The molecule has 4 amide bonds. The Labute approximate surface area is 268 Å². The molecular weight excluding hydrogens is 704 g/mol. The number of nitrogens with two attached hydrogens (primary N) is 1. The molecule has 0 saturated carbocycles. The number of carboxylic acid groups (broad SMARTS) is 2. The number of halogens is 1. The number of nitrogens with one attached hydrogen (secondary N) is 1. The number of hydrogen-bond donors (Lipinski definition) is 6. The summed E-state index contributed by atoms with van der Waals surface area (Å²) in [5.41, 5.74) is 2.44. The maximum Gasteiger partial charge on any atom is 0.352 e. The van der Waals surface area contributed by atoms with Crippen molar-refractivity contribution >= 4 is 85.4 Å². The summed E-state index contributed by atoms with van der Waals surface area (Å²) in [7, 11) is 0. The van der Waals surface area contributed by atoms with Gasteiger partial charge in [0, 0.05) is 11.1 Å². The van der Waals surface area contributed by atoms with Crippen molar-refractivity contribution in [3.8, 4) is 11.5 Å². The number of aliphatic carboxylic acids is 2. The van der Waals surface area contributed by atoms with Crippen molar-refractivity contribution in [2.24, 2.45) is 5.16 Å². The second kappa shape index (κ2) is 11.3. The molecule has 0 radical (unpaired) electrons. The highest BCUT2D eigenvalue weighted by molar-refractivity contribution is 9.10. The fourth-order valence-corrected chi connectivity index (χ4v) is 6.99. The van der Waals surface area contributed by atoms with Crippen molar-refractivity contribution in [3.63, 3.8) is 0 Å². The summed E-state index contributed by atoms with van der Waals surface area (Å²) in [6, 6.07) is -0.320. The lowest BCUT2D eigenvalue weighted by molar-refractivity contribution is -0.161. The minimum absolute atomic E-state index is 0.0467. The third-order valence-electron chi connectivity index (χ3n) is 6.90. The predicted octanol–water partition coefficient (Wildman–Crippen LogP) is 0.518. The molecule has 3 aliphatic rings. The van der Waals surface area contributed by atoms with Gasteiger partial charge in [0.1, 0.15) is 22.8 Å². The van der Waals surface area contributed by atoms with Crippen molar-refractivity contribution in [1.29, 1.82) is 0 Å². The van der Waals surface area contributed by atoms with Crippen LogP contribution in [0, 0.1) is 0 Å². The van der Waals surface area contributed by atoms with Gasteiger partial charge >= 0.3 is 11.9 Å². The number of β-lactam (4-membered cyclic amide) rings is 1. The SMILES string of the molecule is CC(C)(O/N=C(\C(=O)NC1C(=O)N2C(C(=O)O)=C(CN3C(=O)c4cc(O)c(O)c(Br)c4C3=O)CS[C@@H]12)c1csc(N)n1)C(=O)O. The molecule has 1 saturated heterocycles. The van der Waals surface area contributed by atoms with Gasteiger partial charge in [-0.3, -0.25) is 29.0 Å². The van der Waals surface area contributed by atoms with E-state index < -0.39 is 82.0 Å². The van der Waals surface area contributed by atoms with E-state index in [1.807, 2.05) is 0 Å². The molecule has 45 heavy (non-hydrogen) atoms. The lowest BCUT2D eigenvalue weighted by atomic mass is 10.0. The van der Waals surface area contributed by atoms with Crippen LogP contribution in [-0.4, -0.2) is 106 Å². The maximum absolute atomic E-state index is 13.3. The van der Waals surface area contributed by atoms with Crippen LogP contribution in [0.25, 0.3) is 0 Å². The molecule has 1 fully saturated rings. The Bertz CT molecular complexity index is 1790. The van der Waals surface area contributed by atoms with Crippen molar-refractivity contribution in [1.82, 2.24) is 20.1 Å². The smallest absolute Gasteiger partial charge is 0.352 e. The average molecular weight is 726 g/mol. The molecule has 1 aromatic heterocycles. The van der Waals surface area contributed by atoms with E-state index >= 15 is 0 Å². The Morgan fingerprint density at radius 3 is 2.51 bits per heavy atom. The molecule has 3 aliphatic heterocycles. The van der Waals surface area contributed by atoms with Crippen LogP contribution < -0.4 is 11.1 Å². The highest BCUT2D eigenvalue weighted by Crippen LogP contribution is 2.44. The van der Waals surface area contributed by atoms with Crippen molar-refractivity contribution in [2.75, 3.05) is 18.0 Å². The van der Waals surface area contributed by atoms with E-state index in [2.05, 4.69) is 31.4 Å². The van der Waals surface area contributed by atoms with Crippen LogP contribution in [0.2, 0.25) is 0 Å². The Balaban J connectivity index is 1.38. The number of rotatable bonds is 9. The molecule has 0 aliphatic carbocycles. The molecular formula is C25H21BrN6O11S2. The number of thiazole rings is 1. The number of carboxylic acids is 2. The molecule has 5 rings (SSSR count). The largest absolute Gasteiger partial charge is 0.504 e. The van der Waals surface area contributed by atoms with Crippen molar-refractivity contribution < 1.29 is 54.0 Å². The van der Waals surface area contributed by atoms with E-state index in [9.17, 15) is 49.2 Å². The number of benzene rings is 1. The molecule has 1 aromatic carbocycles. The number of amides is 4. The molecule has 236 valence electrons. The normalized spacial score (nSPS) is 19.7. The predicted molar refractivity (Wildman–Crippen MR) is 158 cm³/mol. The van der Waals surface area contributed by atoms with Gasteiger partial charge in [0.05, 0.1) is 22.1 Å². The highest BCUT2D eigenvalue weighted by atomic mass is 79.9. The zero-order valence-electron chi connectivity index (χ0n) is 22.9. The van der Waals surface area contributed by atoms with Crippen molar-refractivity contribution in [2.45, 2.75) is 30.9 Å². The van der Waals surface area contributed by atoms with E-state index in [0.717, 1.165) is 39.0 Å². The molecule has 2 atom stereocenters. The van der Waals surface area contributed by atoms with E-state index in [0.29, 0.717) is 0 Å². The number of aromatic hydroxyl groups is 2. The number of carbonyl (C=O) groups is 6. The molecule has 0 bridgehead atoms. The highest BCUT2D eigenvalue weighted by Gasteiger charge is 2.55. The minimum Gasteiger partial charge on any atom is -0.504 e.